The van der Waals surface area contributed by atoms with Crippen LogP contribution >= 0.6 is 0 Å². The highest BCUT2D eigenvalue weighted by molar-refractivity contribution is 7.89. The van der Waals surface area contributed by atoms with E-state index in [0.717, 1.165) is 10.9 Å². The standard InChI is InChI=1S/C21H23N3O4S/c1-14-11-17-5-4-6-19(20(17)22-13-14)29(26,27)24-9-7-23(8-10-24)21(25)18-12-15(2)28-16(18)3/h4-6,11-13H,7-10H2,1-3H3. The van der Waals surface area contributed by atoms with E-state index < -0.39 is 10.0 Å². The number of nitrogens with zero attached hydrogens (tertiary/aromatic N) is 3. The monoisotopic (exact) mass is 413 g/mol. The maximum absolute atomic E-state index is 13.3. The van der Waals surface area contributed by atoms with Gasteiger partial charge >= 0.3 is 0 Å². The van der Waals surface area contributed by atoms with Gasteiger partial charge in [0.1, 0.15) is 16.4 Å². The number of aromatic nitrogens is 1. The largest absolute Gasteiger partial charge is 0.466 e. The molecule has 8 heteroatoms. The van der Waals surface area contributed by atoms with Crippen LogP contribution in [0.25, 0.3) is 10.9 Å². The summed E-state index contributed by atoms with van der Waals surface area (Å²) in [5.74, 6) is 1.14. The number of para-hydroxylation sites is 1. The first-order valence-electron chi connectivity index (χ1n) is 9.49. The zero-order valence-corrected chi connectivity index (χ0v) is 17.5. The molecule has 1 aromatic carbocycles. The Morgan fingerprint density at radius 1 is 1.07 bits per heavy atom. The first kappa shape index (κ1) is 19.6. The van der Waals surface area contributed by atoms with Gasteiger partial charge in [-0.05, 0) is 44.5 Å². The number of sulfonamides is 1. The maximum Gasteiger partial charge on any atom is 0.257 e. The van der Waals surface area contributed by atoms with E-state index in [1.165, 1.54) is 4.31 Å². The van der Waals surface area contributed by atoms with Crippen LogP contribution in [-0.4, -0.2) is 54.7 Å². The van der Waals surface area contributed by atoms with E-state index >= 15 is 0 Å². The Kier molecular flexibility index (Phi) is 4.92. The van der Waals surface area contributed by atoms with Crippen molar-refractivity contribution in [1.29, 1.82) is 0 Å². The molecule has 1 saturated heterocycles. The minimum absolute atomic E-state index is 0.126. The summed E-state index contributed by atoms with van der Waals surface area (Å²) in [6.45, 7) is 6.63. The first-order valence-corrected chi connectivity index (χ1v) is 10.9. The molecule has 3 heterocycles. The van der Waals surface area contributed by atoms with E-state index in [0.29, 0.717) is 35.7 Å². The number of aryl methyl sites for hydroxylation is 3. The van der Waals surface area contributed by atoms with Crippen LogP contribution in [0.15, 0.2) is 45.8 Å². The summed E-state index contributed by atoms with van der Waals surface area (Å²) in [5, 5.41) is 0.797. The zero-order valence-electron chi connectivity index (χ0n) is 16.7. The van der Waals surface area contributed by atoms with Gasteiger partial charge in [-0.3, -0.25) is 9.78 Å². The van der Waals surface area contributed by atoms with Gasteiger partial charge in [0.15, 0.2) is 0 Å². The van der Waals surface area contributed by atoms with E-state index in [-0.39, 0.29) is 23.9 Å². The molecule has 1 aliphatic rings. The Labute approximate surface area is 170 Å². The van der Waals surface area contributed by atoms with Crippen LogP contribution in [0.4, 0.5) is 0 Å². The van der Waals surface area contributed by atoms with Crippen LogP contribution in [-0.2, 0) is 10.0 Å². The Balaban J connectivity index is 1.55. The number of benzene rings is 1. The SMILES string of the molecule is Cc1cnc2c(S(=O)(=O)N3CCN(C(=O)c4cc(C)oc4C)CC3)cccc2c1. The molecule has 2 aromatic heterocycles. The van der Waals surface area contributed by atoms with Gasteiger partial charge in [0.05, 0.1) is 11.1 Å². The average molecular weight is 413 g/mol. The van der Waals surface area contributed by atoms with Gasteiger partial charge in [0.25, 0.3) is 5.91 Å². The molecule has 0 spiro atoms. The van der Waals surface area contributed by atoms with E-state index in [1.54, 1.807) is 43.1 Å². The molecule has 0 atom stereocenters. The molecule has 1 amide bonds. The molecule has 1 aliphatic heterocycles. The van der Waals surface area contributed by atoms with Gasteiger partial charge in [0, 0.05) is 37.8 Å². The number of piperazine rings is 1. The number of amides is 1. The molecule has 4 rings (SSSR count). The molecule has 0 radical (unpaired) electrons. The third-order valence-electron chi connectivity index (χ3n) is 5.23. The van der Waals surface area contributed by atoms with E-state index in [9.17, 15) is 13.2 Å². The number of pyridine rings is 1. The molecule has 29 heavy (non-hydrogen) atoms. The summed E-state index contributed by atoms with van der Waals surface area (Å²) in [6, 6.07) is 8.84. The van der Waals surface area contributed by atoms with Crippen molar-refractivity contribution >= 4 is 26.8 Å². The van der Waals surface area contributed by atoms with E-state index in [2.05, 4.69) is 4.98 Å². The number of rotatable bonds is 3. The average Bonchev–Trinajstić information content (AvgIpc) is 3.04. The molecule has 0 unspecified atom stereocenters. The lowest BCUT2D eigenvalue weighted by Gasteiger charge is -2.34. The maximum atomic E-state index is 13.3. The van der Waals surface area contributed by atoms with Gasteiger partial charge in [-0.1, -0.05) is 12.1 Å². The second-order valence-corrected chi connectivity index (χ2v) is 9.27. The van der Waals surface area contributed by atoms with Crippen molar-refractivity contribution in [2.24, 2.45) is 0 Å². The van der Waals surface area contributed by atoms with E-state index in [4.69, 9.17) is 4.42 Å². The predicted octanol–water partition coefficient (Wildman–Crippen LogP) is 2.90. The summed E-state index contributed by atoms with van der Waals surface area (Å²) in [5.41, 5.74) is 1.98. The Morgan fingerprint density at radius 2 is 1.79 bits per heavy atom. The molecule has 1 fully saturated rings. The highest BCUT2D eigenvalue weighted by Crippen LogP contribution is 2.26. The number of carbonyl (C=O) groups is 1. The minimum atomic E-state index is -3.70. The Hall–Kier alpha value is -2.71. The van der Waals surface area contributed by atoms with Crippen LogP contribution in [0.2, 0.25) is 0 Å². The lowest BCUT2D eigenvalue weighted by Crippen LogP contribution is -2.50. The topological polar surface area (TPSA) is 83.7 Å². The number of hydrogen-bond acceptors (Lipinski definition) is 5. The Bertz CT molecular complexity index is 1190. The van der Waals surface area contributed by atoms with Crippen LogP contribution in [0.5, 0.6) is 0 Å². The Morgan fingerprint density at radius 3 is 2.45 bits per heavy atom. The second-order valence-electron chi connectivity index (χ2n) is 7.36. The van der Waals surface area contributed by atoms with E-state index in [1.807, 2.05) is 19.1 Å². The van der Waals surface area contributed by atoms with Gasteiger partial charge in [-0.2, -0.15) is 4.31 Å². The summed E-state index contributed by atoms with van der Waals surface area (Å²) in [4.78, 5) is 19.0. The molecular formula is C21H23N3O4S. The fourth-order valence-corrected chi connectivity index (χ4v) is 5.32. The van der Waals surface area contributed by atoms with Crippen LogP contribution in [0, 0.1) is 20.8 Å². The predicted molar refractivity (Wildman–Crippen MR) is 109 cm³/mol. The number of carbonyl (C=O) groups excluding carboxylic acids is 1. The second kappa shape index (κ2) is 7.27. The summed E-state index contributed by atoms with van der Waals surface area (Å²) >= 11 is 0. The van der Waals surface area contributed by atoms with Gasteiger partial charge < -0.3 is 9.32 Å². The smallest absolute Gasteiger partial charge is 0.257 e. The lowest BCUT2D eigenvalue weighted by atomic mass is 10.2. The minimum Gasteiger partial charge on any atom is -0.466 e. The van der Waals surface area contributed by atoms with Crippen molar-refractivity contribution in [3.8, 4) is 0 Å². The first-order chi connectivity index (χ1) is 13.8. The quantitative estimate of drug-likeness (QED) is 0.659. The fourth-order valence-electron chi connectivity index (χ4n) is 3.74. The van der Waals surface area contributed by atoms with Gasteiger partial charge in [-0.25, -0.2) is 8.42 Å². The van der Waals surface area contributed by atoms with Crippen molar-refractivity contribution in [1.82, 2.24) is 14.2 Å². The molecule has 0 aliphatic carbocycles. The molecule has 7 nitrogen and oxygen atoms in total. The molecule has 0 saturated carbocycles. The van der Waals surface area contributed by atoms with Crippen LogP contribution in [0.1, 0.15) is 27.4 Å². The van der Waals surface area contributed by atoms with Crippen molar-refractivity contribution in [2.45, 2.75) is 25.7 Å². The van der Waals surface area contributed by atoms with Gasteiger partial charge in [-0.15, -0.1) is 0 Å². The molecule has 3 aromatic rings. The van der Waals surface area contributed by atoms with Crippen molar-refractivity contribution in [3.05, 3.63) is 59.2 Å². The number of hydrogen-bond donors (Lipinski definition) is 0. The normalized spacial score (nSPS) is 15.8. The molecule has 152 valence electrons. The zero-order chi connectivity index (χ0) is 20.8. The van der Waals surface area contributed by atoms with Crippen LogP contribution < -0.4 is 0 Å². The van der Waals surface area contributed by atoms with Gasteiger partial charge in [0.2, 0.25) is 10.0 Å². The van der Waals surface area contributed by atoms with Crippen molar-refractivity contribution in [2.75, 3.05) is 26.2 Å². The highest BCUT2D eigenvalue weighted by atomic mass is 32.2. The van der Waals surface area contributed by atoms with Crippen molar-refractivity contribution in [3.63, 3.8) is 0 Å². The van der Waals surface area contributed by atoms with Crippen LogP contribution in [0.3, 0.4) is 0 Å². The summed E-state index contributed by atoms with van der Waals surface area (Å²) < 4.78 is 33.4. The summed E-state index contributed by atoms with van der Waals surface area (Å²) in [7, 11) is -3.70. The molecule has 0 N–H and O–H groups in total. The third-order valence-corrected chi connectivity index (χ3v) is 7.16. The molecule has 0 bridgehead atoms. The fraction of sp³-hybridized carbons (Fsp3) is 0.333. The third kappa shape index (κ3) is 3.54. The van der Waals surface area contributed by atoms with Crippen molar-refractivity contribution < 1.29 is 17.6 Å². The molecular weight excluding hydrogens is 390 g/mol. The lowest BCUT2D eigenvalue weighted by molar-refractivity contribution is 0.0696. The number of furan rings is 1. The summed E-state index contributed by atoms with van der Waals surface area (Å²) in [6.07, 6.45) is 1.67. The highest BCUT2D eigenvalue weighted by Gasteiger charge is 2.32. The number of fused-ring (bicyclic) bond motifs is 1.